The van der Waals surface area contributed by atoms with Gasteiger partial charge in [0, 0.05) is 5.56 Å². The van der Waals surface area contributed by atoms with E-state index in [1.165, 1.54) is 18.2 Å². The lowest BCUT2D eigenvalue weighted by molar-refractivity contribution is -0.118. The Morgan fingerprint density at radius 1 is 1.04 bits per heavy atom. The van der Waals surface area contributed by atoms with Crippen LogP contribution in [0, 0.1) is 0 Å². The van der Waals surface area contributed by atoms with E-state index in [0.717, 1.165) is 4.80 Å². The number of aromatic nitrogens is 4. The number of carboxylic acids is 1. The Hall–Kier alpha value is -4.08. The average Bonchev–Trinajstić information content (AvgIpc) is 3.09. The second kappa shape index (κ2) is 7.44. The van der Waals surface area contributed by atoms with Gasteiger partial charge in [0.15, 0.2) is 0 Å². The van der Waals surface area contributed by atoms with Crippen molar-refractivity contribution in [2.24, 2.45) is 5.73 Å². The third-order valence-corrected chi connectivity index (χ3v) is 3.57. The van der Waals surface area contributed by atoms with Gasteiger partial charge in [-0.1, -0.05) is 24.3 Å². The van der Waals surface area contributed by atoms with E-state index in [9.17, 15) is 19.5 Å². The quantitative estimate of drug-likeness (QED) is 0.582. The molecule has 1 heterocycles. The summed E-state index contributed by atoms with van der Waals surface area (Å²) in [4.78, 5) is 35.9. The van der Waals surface area contributed by atoms with Gasteiger partial charge in [-0.05, 0) is 29.5 Å². The molecule has 10 nitrogen and oxygen atoms in total. The molecule has 0 fully saturated rings. The number of carbonyl (C=O) groups excluding carboxylic acids is 2. The maximum atomic E-state index is 12.6. The molecule has 0 unspecified atom stereocenters. The Balaban J connectivity index is 1.91. The molecule has 3 rings (SSSR count). The summed E-state index contributed by atoms with van der Waals surface area (Å²) in [5.41, 5.74) is 5.82. The van der Waals surface area contributed by atoms with Crippen LogP contribution in [0.2, 0.25) is 0 Å². The lowest BCUT2D eigenvalue weighted by atomic mass is 10.1. The summed E-state index contributed by atoms with van der Waals surface area (Å²) in [6.45, 7) is -0.229. The first-order chi connectivity index (χ1) is 13.0. The molecule has 0 atom stereocenters. The highest BCUT2D eigenvalue weighted by molar-refractivity contribution is 6.11. The number of aromatic carboxylic acids is 1. The number of nitrogens with two attached hydrogens (primary N) is 1. The number of rotatable bonds is 6. The van der Waals surface area contributed by atoms with E-state index in [1.807, 2.05) is 0 Å². The fourth-order valence-corrected chi connectivity index (χ4v) is 2.40. The van der Waals surface area contributed by atoms with Crippen molar-refractivity contribution in [2.75, 3.05) is 5.32 Å². The first kappa shape index (κ1) is 17.7. The predicted molar refractivity (Wildman–Crippen MR) is 93.8 cm³/mol. The van der Waals surface area contributed by atoms with Crippen LogP contribution in [0.3, 0.4) is 0 Å². The van der Waals surface area contributed by atoms with Crippen LogP contribution < -0.4 is 11.1 Å². The summed E-state index contributed by atoms with van der Waals surface area (Å²) in [5.74, 6) is -2.24. The van der Waals surface area contributed by atoms with Gasteiger partial charge >= 0.3 is 5.97 Å². The van der Waals surface area contributed by atoms with Gasteiger partial charge in [-0.3, -0.25) is 9.59 Å². The first-order valence-electron chi connectivity index (χ1n) is 7.75. The van der Waals surface area contributed by atoms with Crippen molar-refractivity contribution >= 4 is 23.5 Å². The number of para-hydroxylation sites is 1. The number of amides is 2. The van der Waals surface area contributed by atoms with Crippen molar-refractivity contribution in [3.05, 3.63) is 59.7 Å². The van der Waals surface area contributed by atoms with Crippen LogP contribution in [0.5, 0.6) is 0 Å². The molecule has 4 N–H and O–H groups in total. The molecule has 2 aromatic carbocycles. The monoisotopic (exact) mass is 366 g/mol. The zero-order chi connectivity index (χ0) is 19.4. The molecule has 0 saturated carbocycles. The zero-order valence-corrected chi connectivity index (χ0v) is 13.9. The van der Waals surface area contributed by atoms with E-state index in [2.05, 4.69) is 20.7 Å². The average molecular weight is 366 g/mol. The summed E-state index contributed by atoms with van der Waals surface area (Å²) in [5, 5.41) is 23.5. The highest BCUT2D eigenvalue weighted by Crippen LogP contribution is 2.25. The number of hydrogen-bond donors (Lipinski definition) is 3. The molecule has 27 heavy (non-hydrogen) atoms. The van der Waals surface area contributed by atoms with Crippen molar-refractivity contribution in [3.63, 3.8) is 0 Å². The number of tetrazole rings is 1. The topological polar surface area (TPSA) is 153 Å². The van der Waals surface area contributed by atoms with Crippen molar-refractivity contribution < 1.29 is 19.5 Å². The van der Waals surface area contributed by atoms with Gasteiger partial charge in [0.2, 0.25) is 11.7 Å². The summed E-state index contributed by atoms with van der Waals surface area (Å²) >= 11 is 0. The standard InChI is InChI=1S/C17H14N6O4/c18-14(24)9-23-21-15(20-22-23)12-7-3-4-8-13(12)19-16(25)10-5-1-2-6-11(10)17(26)27/h1-8H,9H2,(H2,18,24)(H,19,25)(H,26,27). The lowest BCUT2D eigenvalue weighted by Crippen LogP contribution is -2.20. The first-order valence-corrected chi connectivity index (χ1v) is 7.75. The number of nitrogens with one attached hydrogen (secondary N) is 1. The van der Waals surface area contributed by atoms with Gasteiger partial charge in [0.05, 0.1) is 16.8 Å². The molecule has 0 bridgehead atoms. The molecule has 0 aliphatic rings. The number of primary amides is 1. The molecular formula is C17H14N6O4. The van der Waals surface area contributed by atoms with Gasteiger partial charge in [0.25, 0.3) is 5.91 Å². The van der Waals surface area contributed by atoms with Gasteiger partial charge < -0.3 is 16.2 Å². The lowest BCUT2D eigenvalue weighted by Gasteiger charge is -2.10. The summed E-state index contributed by atoms with van der Waals surface area (Å²) < 4.78 is 0. The van der Waals surface area contributed by atoms with E-state index in [1.54, 1.807) is 30.3 Å². The molecule has 0 radical (unpaired) electrons. The highest BCUT2D eigenvalue weighted by Gasteiger charge is 2.18. The van der Waals surface area contributed by atoms with Crippen molar-refractivity contribution in [2.45, 2.75) is 6.54 Å². The zero-order valence-electron chi connectivity index (χ0n) is 13.9. The minimum atomic E-state index is -1.20. The Kier molecular flexibility index (Phi) is 4.88. The van der Waals surface area contributed by atoms with Crippen molar-refractivity contribution in [1.82, 2.24) is 20.2 Å². The molecule has 3 aromatic rings. The molecule has 136 valence electrons. The molecule has 0 saturated heterocycles. The smallest absolute Gasteiger partial charge is 0.336 e. The Bertz CT molecular complexity index is 1030. The number of nitrogens with zero attached hydrogens (tertiary/aromatic N) is 4. The van der Waals surface area contributed by atoms with Gasteiger partial charge in [-0.15, -0.1) is 10.2 Å². The number of benzene rings is 2. The van der Waals surface area contributed by atoms with Crippen LogP contribution in [-0.4, -0.2) is 43.1 Å². The molecule has 10 heteroatoms. The van der Waals surface area contributed by atoms with Crippen LogP contribution in [0.1, 0.15) is 20.7 Å². The second-order valence-electron chi connectivity index (χ2n) is 5.46. The number of carboxylic acid groups (broad SMARTS) is 1. The minimum absolute atomic E-state index is 0.0187. The van der Waals surface area contributed by atoms with Crippen LogP contribution in [0.4, 0.5) is 5.69 Å². The molecular weight excluding hydrogens is 352 g/mol. The SMILES string of the molecule is NC(=O)Cn1nnc(-c2ccccc2NC(=O)c2ccccc2C(=O)O)n1. The molecule has 0 aliphatic heterocycles. The Morgan fingerprint density at radius 2 is 1.70 bits per heavy atom. The number of hydrogen-bond acceptors (Lipinski definition) is 6. The molecule has 1 aromatic heterocycles. The normalized spacial score (nSPS) is 10.4. The van der Waals surface area contributed by atoms with E-state index in [0.29, 0.717) is 11.3 Å². The summed E-state index contributed by atoms with van der Waals surface area (Å²) in [7, 11) is 0. The Morgan fingerprint density at radius 3 is 2.41 bits per heavy atom. The Labute approximate surface area is 152 Å². The molecule has 2 amide bonds. The van der Waals surface area contributed by atoms with Crippen molar-refractivity contribution in [3.8, 4) is 11.4 Å². The number of carbonyl (C=O) groups is 3. The maximum absolute atomic E-state index is 12.6. The third-order valence-electron chi connectivity index (χ3n) is 3.57. The largest absolute Gasteiger partial charge is 0.478 e. The van der Waals surface area contributed by atoms with Crippen LogP contribution >= 0.6 is 0 Å². The van der Waals surface area contributed by atoms with Crippen molar-refractivity contribution in [1.29, 1.82) is 0 Å². The van der Waals surface area contributed by atoms with Crippen LogP contribution in [0.15, 0.2) is 48.5 Å². The van der Waals surface area contributed by atoms with E-state index >= 15 is 0 Å². The molecule has 0 aliphatic carbocycles. The minimum Gasteiger partial charge on any atom is -0.478 e. The summed E-state index contributed by atoms with van der Waals surface area (Å²) in [6, 6.07) is 12.6. The molecule has 0 spiro atoms. The number of anilines is 1. The van der Waals surface area contributed by atoms with Gasteiger partial charge in [-0.2, -0.15) is 4.80 Å². The fourth-order valence-electron chi connectivity index (χ4n) is 2.40. The fraction of sp³-hybridized carbons (Fsp3) is 0.0588. The van der Waals surface area contributed by atoms with Gasteiger partial charge in [0.1, 0.15) is 6.54 Å². The van der Waals surface area contributed by atoms with E-state index in [4.69, 9.17) is 5.73 Å². The maximum Gasteiger partial charge on any atom is 0.336 e. The van der Waals surface area contributed by atoms with E-state index < -0.39 is 17.8 Å². The highest BCUT2D eigenvalue weighted by atomic mass is 16.4. The summed E-state index contributed by atoms with van der Waals surface area (Å²) in [6.07, 6.45) is 0. The van der Waals surface area contributed by atoms with E-state index in [-0.39, 0.29) is 23.5 Å². The van der Waals surface area contributed by atoms with Crippen LogP contribution in [-0.2, 0) is 11.3 Å². The van der Waals surface area contributed by atoms with Crippen LogP contribution in [0.25, 0.3) is 11.4 Å². The van der Waals surface area contributed by atoms with Gasteiger partial charge in [-0.25, -0.2) is 4.79 Å². The second-order valence-corrected chi connectivity index (χ2v) is 5.46. The third kappa shape index (κ3) is 3.95. The predicted octanol–water partition coefficient (Wildman–Crippen LogP) is 0.776.